The Kier molecular flexibility index (Phi) is 65.0. The van der Waals surface area contributed by atoms with Crippen molar-refractivity contribution in [3.8, 4) is 0 Å². The fourth-order valence-electron chi connectivity index (χ4n) is 11.7. The summed E-state index contributed by atoms with van der Waals surface area (Å²) in [4.78, 5) is 72.8. The first-order chi connectivity index (χ1) is 46.1. The van der Waals surface area contributed by atoms with Crippen LogP contribution in [0.4, 0.5) is 0 Å². The normalized spacial score (nSPS) is 14.4. The summed E-state index contributed by atoms with van der Waals surface area (Å²) < 4.78 is 68.6. The van der Waals surface area contributed by atoms with Crippen molar-refractivity contribution in [1.82, 2.24) is 0 Å². The zero-order valence-corrected chi connectivity index (χ0v) is 64.8. The van der Waals surface area contributed by atoms with Crippen LogP contribution in [0.5, 0.6) is 0 Å². The number of hydrogen-bond donors (Lipinski definition) is 3. The molecule has 0 bridgehead atoms. The molecular weight excluding hydrogens is 1260 g/mol. The van der Waals surface area contributed by atoms with Gasteiger partial charge in [-0.2, -0.15) is 0 Å². The molecular formula is C77H150O17P2. The van der Waals surface area contributed by atoms with Crippen LogP contribution in [0.3, 0.4) is 0 Å². The lowest BCUT2D eigenvalue weighted by Crippen LogP contribution is -2.30. The molecule has 570 valence electrons. The number of ether oxygens (including phenoxy) is 4. The average molecular weight is 1410 g/mol. The minimum absolute atomic E-state index is 0.105. The molecule has 0 amide bonds. The molecule has 0 aromatic rings. The lowest BCUT2D eigenvalue weighted by atomic mass is 10.00. The molecule has 0 saturated heterocycles. The SMILES string of the molecule is CCC(C)CCCCCCCCC(=O)OC[C@H](COP(=O)(O)OC[C@H](O)COP(=O)(O)OC[C@@H](COC(=O)CCCCCCCCCCCCCC(C)C)OC(=O)CCCCCCCCCCCCCCCCCCC(C)C)OC(=O)CCCCCCCCCCCCC(C)C. The van der Waals surface area contributed by atoms with Crippen LogP contribution >= 0.6 is 15.6 Å². The summed E-state index contributed by atoms with van der Waals surface area (Å²) in [6.07, 6.45) is 51.4. The fourth-order valence-corrected chi connectivity index (χ4v) is 13.3. The van der Waals surface area contributed by atoms with Gasteiger partial charge in [0.1, 0.15) is 19.3 Å². The van der Waals surface area contributed by atoms with E-state index < -0.39 is 97.5 Å². The van der Waals surface area contributed by atoms with Crippen LogP contribution < -0.4 is 0 Å². The number of carbonyl (C=O) groups excluding carboxylic acids is 4. The van der Waals surface area contributed by atoms with Gasteiger partial charge in [0.2, 0.25) is 0 Å². The van der Waals surface area contributed by atoms with Gasteiger partial charge < -0.3 is 33.8 Å². The molecule has 0 aliphatic heterocycles. The van der Waals surface area contributed by atoms with E-state index in [2.05, 4.69) is 55.4 Å². The van der Waals surface area contributed by atoms with E-state index >= 15 is 0 Å². The molecule has 0 aromatic carbocycles. The molecule has 0 rings (SSSR count). The number of unbranched alkanes of at least 4 members (excludes halogenated alkanes) is 39. The molecule has 0 spiro atoms. The van der Waals surface area contributed by atoms with E-state index in [1.807, 2.05) is 0 Å². The van der Waals surface area contributed by atoms with Gasteiger partial charge in [0, 0.05) is 25.7 Å². The van der Waals surface area contributed by atoms with Crippen molar-refractivity contribution in [2.24, 2.45) is 23.7 Å². The van der Waals surface area contributed by atoms with Crippen LogP contribution in [0.2, 0.25) is 0 Å². The molecule has 0 radical (unpaired) electrons. The number of phosphoric ester groups is 2. The van der Waals surface area contributed by atoms with Gasteiger partial charge in [0.15, 0.2) is 12.2 Å². The molecule has 3 N–H and O–H groups in total. The number of aliphatic hydroxyl groups excluding tert-OH is 1. The summed E-state index contributed by atoms with van der Waals surface area (Å²) in [5, 5.41) is 10.6. The lowest BCUT2D eigenvalue weighted by molar-refractivity contribution is -0.161. The molecule has 0 fully saturated rings. The van der Waals surface area contributed by atoms with Crippen LogP contribution in [0, 0.1) is 23.7 Å². The molecule has 0 aliphatic carbocycles. The van der Waals surface area contributed by atoms with Gasteiger partial charge in [-0.25, -0.2) is 9.13 Å². The smallest absolute Gasteiger partial charge is 0.462 e. The summed E-state index contributed by atoms with van der Waals surface area (Å²) in [5.74, 6) is 0.943. The van der Waals surface area contributed by atoms with Crippen molar-refractivity contribution in [2.45, 2.75) is 408 Å². The monoisotopic (exact) mass is 1410 g/mol. The van der Waals surface area contributed by atoms with E-state index in [0.29, 0.717) is 25.7 Å². The number of carbonyl (C=O) groups is 4. The Hall–Kier alpha value is -1.94. The fraction of sp³-hybridized carbons (Fsp3) is 0.948. The molecule has 96 heavy (non-hydrogen) atoms. The molecule has 3 unspecified atom stereocenters. The highest BCUT2D eigenvalue weighted by Crippen LogP contribution is 2.45. The summed E-state index contributed by atoms with van der Waals surface area (Å²) in [6, 6.07) is 0. The Balaban J connectivity index is 5.25. The minimum Gasteiger partial charge on any atom is -0.462 e. The highest BCUT2D eigenvalue weighted by atomic mass is 31.2. The van der Waals surface area contributed by atoms with Crippen molar-refractivity contribution in [2.75, 3.05) is 39.6 Å². The molecule has 6 atom stereocenters. The molecule has 17 nitrogen and oxygen atoms in total. The van der Waals surface area contributed by atoms with Crippen molar-refractivity contribution < 1.29 is 80.2 Å². The maximum absolute atomic E-state index is 13.1. The number of esters is 4. The van der Waals surface area contributed by atoms with E-state index in [4.69, 9.17) is 37.0 Å². The molecule has 19 heteroatoms. The standard InChI is InChI=1S/C77H150O17P2/c1-9-70(8)56-48-40-35-36-42-50-58-75(80)88-64-73(94-77(82)60-52-44-34-28-22-21-25-31-39-47-55-69(6)7)66-92-96(85,86)90-62-71(78)61-89-95(83,84)91-65-72(63-87-74(79)57-49-41-32-26-20-16-18-24-30-38-46-54-68(4)5)93-76(81)59-51-43-33-27-19-15-13-11-10-12-14-17-23-29-37-45-53-67(2)3/h67-73,78H,9-66H2,1-8H3,(H,83,84)(H,85,86)/t70?,71-,72-,73-/m1/s1. The predicted octanol–water partition coefficient (Wildman–Crippen LogP) is 22.4. The quantitative estimate of drug-likeness (QED) is 0.0222. The summed E-state index contributed by atoms with van der Waals surface area (Å²) >= 11 is 0. The topological polar surface area (TPSA) is 237 Å². The van der Waals surface area contributed by atoms with E-state index in [0.717, 1.165) is 120 Å². The maximum atomic E-state index is 13.1. The second-order valence-corrected chi connectivity index (χ2v) is 32.3. The molecule has 0 heterocycles. The third kappa shape index (κ3) is 69.2. The minimum atomic E-state index is -4.96. The van der Waals surface area contributed by atoms with Crippen LogP contribution in [0.15, 0.2) is 0 Å². The maximum Gasteiger partial charge on any atom is 0.472 e. The van der Waals surface area contributed by atoms with Crippen molar-refractivity contribution >= 4 is 39.5 Å². The van der Waals surface area contributed by atoms with E-state index in [-0.39, 0.29) is 25.7 Å². The van der Waals surface area contributed by atoms with Crippen LogP contribution in [-0.4, -0.2) is 96.7 Å². The molecule has 0 saturated carbocycles. The first kappa shape index (κ1) is 94.1. The number of hydrogen-bond acceptors (Lipinski definition) is 15. The average Bonchev–Trinajstić information content (AvgIpc) is 1.36. The largest absolute Gasteiger partial charge is 0.472 e. The van der Waals surface area contributed by atoms with Gasteiger partial charge in [0.25, 0.3) is 0 Å². The van der Waals surface area contributed by atoms with Gasteiger partial charge in [-0.1, -0.05) is 338 Å². The Morgan fingerprint density at radius 3 is 0.740 bits per heavy atom. The Labute approximate surface area is 588 Å². The lowest BCUT2D eigenvalue weighted by Gasteiger charge is -2.21. The van der Waals surface area contributed by atoms with Gasteiger partial charge in [0.05, 0.1) is 26.4 Å². The second-order valence-electron chi connectivity index (χ2n) is 29.4. The van der Waals surface area contributed by atoms with Crippen LogP contribution in [0.1, 0.15) is 389 Å². The van der Waals surface area contributed by atoms with E-state index in [9.17, 15) is 43.2 Å². The van der Waals surface area contributed by atoms with E-state index in [1.54, 1.807) is 0 Å². The predicted molar refractivity (Wildman–Crippen MR) is 391 cm³/mol. The van der Waals surface area contributed by atoms with Crippen molar-refractivity contribution in [1.29, 1.82) is 0 Å². The second kappa shape index (κ2) is 66.3. The Bertz CT molecular complexity index is 1890. The summed E-state index contributed by atoms with van der Waals surface area (Å²) in [6.45, 7) is 14.2. The summed E-state index contributed by atoms with van der Waals surface area (Å²) in [7, 11) is -9.92. The van der Waals surface area contributed by atoms with Gasteiger partial charge in [-0.15, -0.1) is 0 Å². The number of rotatable bonds is 74. The van der Waals surface area contributed by atoms with Gasteiger partial charge >= 0.3 is 39.5 Å². The number of phosphoric acid groups is 2. The first-order valence-corrected chi connectivity index (χ1v) is 42.7. The summed E-state index contributed by atoms with van der Waals surface area (Å²) in [5.41, 5.74) is 0. The van der Waals surface area contributed by atoms with Crippen molar-refractivity contribution in [3.63, 3.8) is 0 Å². The molecule has 0 aliphatic rings. The Morgan fingerprint density at radius 2 is 0.500 bits per heavy atom. The zero-order valence-electron chi connectivity index (χ0n) is 63.0. The first-order valence-electron chi connectivity index (χ1n) is 39.7. The highest BCUT2D eigenvalue weighted by Gasteiger charge is 2.30. The Morgan fingerprint density at radius 1 is 0.292 bits per heavy atom. The molecule has 0 aromatic heterocycles. The van der Waals surface area contributed by atoms with Gasteiger partial charge in [-0.05, 0) is 49.4 Å². The van der Waals surface area contributed by atoms with Crippen molar-refractivity contribution in [3.05, 3.63) is 0 Å². The van der Waals surface area contributed by atoms with Crippen LogP contribution in [0.25, 0.3) is 0 Å². The third-order valence-electron chi connectivity index (χ3n) is 18.2. The number of aliphatic hydroxyl groups is 1. The van der Waals surface area contributed by atoms with Gasteiger partial charge in [-0.3, -0.25) is 37.3 Å². The highest BCUT2D eigenvalue weighted by molar-refractivity contribution is 7.47. The third-order valence-corrected chi connectivity index (χ3v) is 20.1. The van der Waals surface area contributed by atoms with E-state index in [1.165, 1.54) is 186 Å². The van der Waals surface area contributed by atoms with Crippen LogP contribution in [-0.2, 0) is 65.4 Å². The zero-order chi connectivity index (χ0) is 71.0.